The maximum absolute atomic E-state index is 10.4. The van der Waals surface area contributed by atoms with Crippen LogP contribution in [0.25, 0.3) is 17.0 Å². The van der Waals surface area contributed by atoms with Crippen LogP contribution >= 0.6 is 0 Å². The highest BCUT2D eigenvalue weighted by molar-refractivity contribution is 5.87. The second-order valence-electron chi connectivity index (χ2n) is 3.64. The monoisotopic (exact) mass is 213 g/mol. The van der Waals surface area contributed by atoms with Gasteiger partial charge in [0.15, 0.2) is 0 Å². The van der Waals surface area contributed by atoms with Gasteiger partial charge in [-0.25, -0.2) is 4.79 Å². The highest BCUT2D eigenvalue weighted by Gasteiger charge is 1.96. The zero-order chi connectivity index (χ0) is 11.5. The predicted octanol–water partition coefficient (Wildman–Crippen LogP) is 2.64. The number of carboxylic acid groups (broad SMARTS) is 1. The Bertz CT molecular complexity index is 573. The molecule has 1 aromatic heterocycles. The largest absolute Gasteiger partial charge is 0.478 e. The van der Waals surface area contributed by atoms with Crippen molar-refractivity contribution >= 4 is 22.9 Å². The quantitative estimate of drug-likeness (QED) is 0.780. The predicted molar refractivity (Wildman–Crippen MR) is 63.1 cm³/mol. The summed E-state index contributed by atoms with van der Waals surface area (Å²) in [6.45, 7) is 1.98. The molecule has 0 spiro atoms. The molecule has 16 heavy (non-hydrogen) atoms. The molecule has 0 saturated heterocycles. The molecule has 1 N–H and O–H groups in total. The van der Waals surface area contributed by atoms with E-state index in [-0.39, 0.29) is 0 Å². The Labute approximate surface area is 93.1 Å². The van der Waals surface area contributed by atoms with Crippen LogP contribution in [0.3, 0.4) is 0 Å². The Kier molecular flexibility index (Phi) is 2.68. The summed E-state index contributed by atoms with van der Waals surface area (Å²) in [4.78, 5) is 14.7. The summed E-state index contributed by atoms with van der Waals surface area (Å²) in [6, 6.07) is 7.69. The van der Waals surface area contributed by atoms with Crippen molar-refractivity contribution in [2.45, 2.75) is 6.92 Å². The number of fused-ring (bicyclic) bond motifs is 1. The molecule has 80 valence electrons. The van der Waals surface area contributed by atoms with Crippen LogP contribution in [0.4, 0.5) is 0 Å². The molecular weight excluding hydrogens is 202 g/mol. The van der Waals surface area contributed by atoms with Crippen LogP contribution in [0, 0.1) is 6.92 Å². The SMILES string of the molecule is Cc1cnc2ccc(/C=C/C(=O)O)cc2c1. The molecule has 2 rings (SSSR count). The van der Waals surface area contributed by atoms with Crippen molar-refractivity contribution in [1.82, 2.24) is 4.98 Å². The third kappa shape index (κ3) is 2.25. The number of hydrogen-bond donors (Lipinski definition) is 1. The van der Waals surface area contributed by atoms with Crippen LogP contribution in [-0.4, -0.2) is 16.1 Å². The number of rotatable bonds is 2. The van der Waals surface area contributed by atoms with Crippen LogP contribution < -0.4 is 0 Å². The maximum Gasteiger partial charge on any atom is 0.328 e. The molecule has 1 heterocycles. The van der Waals surface area contributed by atoms with E-state index in [1.165, 1.54) is 0 Å². The average molecular weight is 213 g/mol. The molecule has 0 atom stereocenters. The molecule has 2 aromatic rings. The van der Waals surface area contributed by atoms with E-state index in [2.05, 4.69) is 4.98 Å². The number of pyridine rings is 1. The summed E-state index contributed by atoms with van der Waals surface area (Å²) in [6.07, 6.45) is 4.52. The number of benzene rings is 1. The normalized spacial score (nSPS) is 11.1. The minimum atomic E-state index is -0.942. The lowest BCUT2D eigenvalue weighted by Crippen LogP contribution is -1.86. The number of nitrogens with zero attached hydrogens (tertiary/aromatic N) is 1. The molecule has 3 nitrogen and oxygen atoms in total. The lowest BCUT2D eigenvalue weighted by Gasteiger charge is -2.00. The molecule has 0 bridgehead atoms. The van der Waals surface area contributed by atoms with Crippen molar-refractivity contribution in [2.24, 2.45) is 0 Å². The fraction of sp³-hybridized carbons (Fsp3) is 0.0769. The van der Waals surface area contributed by atoms with Crippen molar-refractivity contribution < 1.29 is 9.90 Å². The van der Waals surface area contributed by atoms with Crippen LogP contribution in [0.2, 0.25) is 0 Å². The van der Waals surface area contributed by atoms with E-state index in [1.54, 1.807) is 6.08 Å². The Morgan fingerprint density at radius 1 is 1.38 bits per heavy atom. The number of aromatic nitrogens is 1. The first-order chi connectivity index (χ1) is 7.65. The van der Waals surface area contributed by atoms with Crippen molar-refractivity contribution in [1.29, 1.82) is 0 Å². The van der Waals surface area contributed by atoms with E-state index in [9.17, 15) is 4.79 Å². The van der Waals surface area contributed by atoms with E-state index >= 15 is 0 Å². The van der Waals surface area contributed by atoms with Gasteiger partial charge in [-0.2, -0.15) is 0 Å². The zero-order valence-electron chi connectivity index (χ0n) is 8.84. The zero-order valence-corrected chi connectivity index (χ0v) is 8.84. The number of hydrogen-bond acceptors (Lipinski definition) is 2. The molecule has 1 aromatic carbocycles. The fourth-order valence-electron chi connectivity index (χ4n) is 1.53. The number of aliphatic carboxylic acids is 1. The van der Waals surface area contributed by atoms with Gasteiger partial charge >= 0.3 is 5.97 Å². The minimum absolute atomic E-state index is 0.863. The smallest absolute Gasteiger partial charge is 0.328 e. The van der Waals surface area contributed by atoms with E-state index in [1.807, 2.05) is 37.4 Å². The molecular formula is C13H11NO2. The van der Waals surface area contributed by atoms with Gasteiger partial charge in [0, 0.05) is 17.7 Å². The fourth-order valence-corrected chi connectivity index (χ4v) is 1.53. The third-order valence-electron chi connectivity index (χ3n) is 2.26. The molecule has 0 amide bonds. The molecule has 0 aliphatic heterocycles. The Hall–Kier alpha value is -2.16. The summed E-state index contributed by atoms with van der Waals surface area (Å²) < 4.78 is 0. The highest BCUT2D eigenvalue weighted by atomic mass is 16.4. The van der Waals surface area contributed by atoms with Crippen LogP contribution in [0.15, 0.2) is 36.5 Å². The van der Waals surface area contributed by atoms with Crippen LogP contribution in [0.5, 0.6) is 0 Å². The molecule has 0 aliphatic rings. The van der Waals surface area contributed by atoms with Gasteiger partial charge in [-0.3, -0.25) is 4.98 Å². The van der Waals surface area contributed by atoms with Crippen molar-refractivity contribution in [3.8, 4) is 0 Å². The van der Waals surface area contributed by atoms with Gasteiger partial charge in [0.1, 0.15) is 0 Å². The number of aryl methyl sites for hydroxylation is 1. The first kappa shape index (κ1) is 10.4. The third-order valence-corrected chi connectivity index (χ3v) is 2.26. The van der Waals surface area contributed by atoms with Crippen LogP contribution in [0.1, 0.15) is 11.1 Å². The second kappa shape index (κ2) is 4.14. The Morgan fingerprint density at radius 2 is 2.19 bits per heavy atom. The van der Waals surface area contributed by atoms with Gasteiger partial charge < -0.3 is 5.11 Å². The summed E-state index contributed by atoms with van der Waals surface area (Å²) >= 11 is 0. The summed E-state index contributed by atoms with van der Waals surface area (Å²) in [5.41, 5.74) is 2.87. The number of carboxylic acids is 1. The van der Waals surface area contributed by atoms with E-state index in [0.717, 1.165) is 28.1 Å². The summed E-state index contributed by atoms with van der Waals surface area (Å²) in [7, 11) is 0. The van der Waals surface area contributed by atoms with Crippen molar-refractivity contribution in [3.05, 3.63) is 47.7 Å². The maximum atomic E-state index is 10.4. The lowest BCUT2D eigenvalue weighted by molar-refractivity contribution is -0.131. The van der Waals surface area contributed by atoms with Gasteiger partial charge in [0.05, 0.1) is 5.52 Å². The number of carbonyl (C=O) groups is 1. The molecule has 0 aliphatic carbocycles. The van der Waals surface area contributed by atoms with Gasteiger partial charge in [-0.15, -0.1) is 0 Å². The summed E-state index contributed by atoms with van der Waals surface area (Å²) in [5, 5.41) is 9.55. The molecule has 0 unspecified atom stereocenters. The van der Waals surface area contributed by atoms with Crippen LogP contribution in [-0.2, 0) is 4.79 Å². The lowest BCUT2D eigenvalue weighted by atomic mass is 10.1. The standard InChI is InChI=1S/C13H11NO2/c1-9-6-11-7-10(3-5-13(15)16)2-4-12(11)14-8-9/h2-8H,1H3,(H,15,16)/b5-3+. The first-order valence-electron chi connectivity index (χ1n) is 4.92. The Balaban J connectivity index is 2.46. The second-order valence-corrected chi connectivity index (χ2v) is 3.64. The van der Waals surface area contributed by atoms with Gasteiger partial charge in [0.25, 0.3) is 0 Å². The molecule has 0 saturated carbocycles. The first-order valence-corrected chi connectivity index (χ1v) is 4.92. The van der Waals surface area contributed by atoms with E-state index < -0.39 is 5.97 Å². The van der Waals surface area contributed by atoms with Gasteiger partial charge in [-0.05, 0) is 42.3 Å². The highest BCUT2D eigenvalue weighted by Crippen LogP contribution is 2.16. The molecule has 0 radical (unpaired) electrons. The topological polar surface area (TPSA) is 50.2 Å². The van der Waals surface area contributed by atoms with E-state index in [4.69, 9.17) is 5.11 Å². The molecule has 0 fully saturated rings. The Morgan fingerprint density at radius 3 is 2.94 bits per heavy atom. The minimum Gasteiger partial charge on any atom is -0.478 e. The van der Waals surface area contributed by atoms with Gasteiger partial charge in [0.2, 0.25) is 0 Å². The molecule has 3 heteroatoms. The van der Waals surface area contributed by atoms with E-state index in [0.29, 0.717) is 0 Å². The summed E-state index contributed by atoms with van der Waals surface area (Å²) in [5.74, 6) is -0.942. The van der Waals surface area contributed by atoms with Crippen molar-refractivity contribution in [2.75, 3.05) is 0 Å². The average Bonchev–Trinajstić information content (AvgIpc) is 2.25. The van der Waals surface area contributed by atoms with Gasteiger partial charge in [-0.1, -0.05) is 6.07 Å². The van der Waals surface area contributed by atoms with Crippen molar-refractivity contribution in [3.63, 3.8) is 0 Å².